The van der Waals surface area contributed by atoms with Gasteiger partial charge in [0.05, 0.1) is 12.1 Å². The zero-order valence-electron chi connectivity index (χ0n) is 10.1. The first-order chi connectivity index (χ1) is 8.20. The maximum atomic E-state index is 12.1. The second-order valence-electron chi connectivity index (χ2n) is 4.38. The normalized spacial score (nSPS) is 15.8. The molecule has 0 saturated heterocycles. The monoisotopic (exact) mass is 279 g/mol. The lowest BCUT2D eigenvalue weighted by Crippen LogP contribution is -2.30. The fraction of sp³-hybridized carbons (Fsp3) is 0.500. The van der Waals surface area contributed by atoms with E-state index in [1.807, 2.05) is 13.8 Å². The highest BCUT2D eigenvalue weighted by atomic mass is 32.2. The number of aliphatic hydroxyl groups excluding tert-OH is 1. The first-order valence-corrected chi connectivity index (χ1v) is 6.31. The lowest BCUT2D eigenvalue weighted by molar-refractivity contribution is -0.0328. The van der Waals surface area contributed by atoms with Crippen LogP contribution in [-0.2, 0) is 0 Å². The topological polar surface area (TPSA) is 46.2 Å². The van der Waals surface area contributed by atoms with Crippen LogP contribution in [0.15, 0.2) is 29.2 Å². The van der Waals surface area contributed by atoms with Gasteiger partial charge in [0.15, 0.2) is 0 Å². The van der Waals surface area contributed by atoms with Crippen molar-refractivity contribution in [3.63, 3.8) is 0 Å². The molecule has 0 spiro atoms. The lowest BCUT2D eigenvalue weighted by atomic mass is 9.95. The van der Waals surface area contributed by atoms with Crippen LogP contribution in [-0.4, -0.2) is 16.7 Å². The molecule has 0 aliphatic rings. The maximum absolute atomic E-state index is 12.1. The van der Waals surface area contributed by atoms with Gasteiger partial charge in [-0.1, -0.05) is 26.0 Å². The third-order valence-electron chi connectivity index (χ3n) is 2.55. The first-order valence-electron chi connectivity index (χ1n) is 5.50. The minimum absolute atomic E-state index is 0.00998. The van der Waals surface area contributed by atoms with Crippen LogP contribution < -0.4 is 5.73 Å². The van der Waals surface area contributed by atoms with Crippen LogP contribution in [0.25, 0.3) is 0 Å². The second kappa shape index (κ2) is 5.95. The van der Waals surface area contributed by atoms with Gasteiger partial charge in [0.1, 0.15) is 0 Å². The number of hydrogen-bond donors (Lipinski definition) is 2. The standard InChI is InChI=1S/C12H16F3NOS/c1-7(2)11(17)10(16)8-3-5-9(6-4-8)18-12(13,14)15/h3-7,10-11,17H,16H2,1-2H3/t10-,11+/m0/s1. The average Bonchev–Trinajstić information content (AvgIpc) is 2.26. The van der Waals surface area contributed by atoms with Crippen molar-refractivity contribution in [2.75, 3.05) is 0 Å². The number of hydrogen-bond acceptors (Lipinski definition) is 3. The Labute approximate surface area is 108 Å². The van der Waals surface area contributed by atoms with Crippen molar-refractivity contribution in [2.24, 2.45) is 11.7 Å². The molecule has 1 aromatic rings. The molecule has 2 atom stereocenters. The van der Waals surface area contributed by atoms with E-state index < -0.39 is 17.7 Å². The molecule has 18 heavy (non-hydrogen) atoms. The van der Waals surface area contributed by atoms with Gasteiger partial charge in [0.2, 0.25) is 0 Å². The van der Waals surface area contributed by atoms with Crippen molar-refractivity contribution in [3.05, 3.63) is 29.8 Å². The third-order valence-corrected chi connectivity index (χ3v) is 3.29. The fourth-order valence-corrected chi connectivity index (χ4v) is 2.04. The van der Waals surface area contributed by atoms with Crippen LogP contribution in [0.3, 0.4) is 0 Å². The largest absolute Gasteiger partial charge is 0.446 e. The van der Waals surface area contributed by atoms with Crippen LogP contribution >= 0.6 is 11.8 Å². The molecule has 0 aromatic heterocycles. The summed E-state index contributed by atoms with van der Waals surface area (Å²) in [7, 11) is 0. The van der Waals surface area contributed by atoms with E-state index in [1.54, 1.807) is 0 Å². The Morgan fingerprint density at radius 1 is 1.17 bits per heavy atom. The van der Waals surface area contributed by atoms with Gasteiger partial charge < -0.3 is 10.8 Å². The summed E-state index contributed by atoms with van der Waals surface area (Å²) >= 11 is -0.167. The van der Waals surface area contributed by atoms with Gasteiger partial charge in [-0.25, -0.2) is 0 Å². The molecule has 0 unspecified atom stereocenters. The molecule has 0 aliphatic heterocycles. The summed E-state index contributed by atoms with van der Waals surface area (Å²) in [5.74, 6) is -0.00998. The highest BCUT2D eigenvalue weighted by molar-refractivity contribution is 8.00. The summed E-state index contributed by atoms with van der Waals surface area (Å²) in [6, 6.07) is 5.17. The SMILES string of the molecule is CC(C)[C@@H](O)[C@@H](N)c1ccc(SC(F)(F)F)cc1. The summed E-state index contributed by atoms with van der Waals surface area (Å²) in [5.41, 5.74) is 2.17. The number of aliphatic hydroxyl groups is 1. The van der Waals surface area contributed by atoms with E-state index in [0.29, 0.717) is 5.56 Å². The predicted molar refractivity (Wildman–Crippen MR) is 66.1 cm³/mol. The quantitative estimate of drug-likeness (QED) is 0.831. The molecular weight excluding hydrogens is 263 g/mol. The molecule has 102 valence electrons. The molecule has 0 radical (unpaired) electrons. The van der Waals surface area contributed by atoms with Crippen LogP contribution in [0, 0.1) is 5.92 Å². The summed E-state index contributed by atoms with van der Waals surface area (Å²) in [6.07, 6.45) is -0.717. The number of thioether (sulfide) groups is 1. The van der Waals surface area contributed by atoms with Gasteiger partial charge in [-0.2, -0.15) is 13.2 Å². The zero-order valence-corrected chi connectivity index (χ0v) is 10.9. The minimum atomic E-state index is -4.29. The molecule has 0 heterocycles. The first kappa shape index (κ1) is 15.3. The number of benzene rings is 1. The Kier molecular flexibility index (Phi) is 5.07. The van der Waals surface area contributed by atoms with Crippen molar-refractivity contribution in [1.82, 2.24) is 0 Å². The minimum Gasteiger partial charge on any atom is -0.391 e. The molecule has 1 aromatic carbocycles. The number of alkyl halides is 3. The molecule has 0 bridgehead atoms. The maximum Gasteiger partial charge on any atom is 0.446 e. The van der Waals surface area contributed by atoms with E-state index in [0.717, 1.165) is 0 Å². The molecular formula is C12H16F3NOS. The van der Waals surface area contributed by atoms with Crippen LogP contribution in [0.4, 0.5) is 13.2 Å². The average molecular weight is 279 g/mol. The second-order valence-corrected chi connectivity index (χ2v) is 5.52. The van der Waals surface area contributed by atoms with Crippen molar-refractivity contribution in [2.45, 2.75) is 36.4 Å². The van der Waals surface area contributed by atoms with Crippen molar-refractivity contribution < 1.29 is 18.3 Å². The summed E-state index contributed by atoms with van der Waals surface area (Å²) in [5, 5.41) is 9.79. The van der Waals surface area contributed by atoms with Crippen molar-refractivity contribution in [1.29, 1.82) is 0 Å². The lowest BCUT2D eigenvalue weighted by Gasteiger charge is -2.22. The predicted octanol–water partition coefficient (Wildman–Crippen LogP) is 3.32. The van der Waals surface area contributed by atoms with Crippen LogP contribution in [0.1, 0.15) is 25.5 Å². The molecule has 6 heteroatoms. The molecule has 0 amide bonds. The van der Waals surface area contributed by atoms with Crippen molar-refractivity contribution >= 4 is 11.8 Å². The summed E-state index contributed by atoms with van der Waals surface area (Å²) in [6.45, 7) is 3.66. The summed E-state index contributed by atoms with van der Waals surface area (Å²) < 4.78 is 36.4. The van der Waals surface area contributed by atoms with Gasteiger partial charge in [-0.15, -0.1) is 0 Å². The van der Waals surface area contributed by atoms with Crippen LogP contribution in [0.5, 0.6) is 0 Å². The Morgan fingerprint density at radius 3 is 2.06 bits per heavy atom. The molecule has 0 saturated carbocycles. The van der Waals surface area contributed by atoms with E-state index in [9.17, 15) is 18.3 Å². The Balaban J connectivity index is 2.77. The smallest absolute Gasteiger partial charge is 0.391 e. The molecule has 2 nitrogen and oxygen atoms in total. The number of rotatable bonds is 4. The summed E-state index contributed by atoms with van der Waals surface area (Å²) in [4.78, 5) is 0.109. The van der Waals surface area contributed by atoms with Gasteiger partial charge in [-0.3, -0.25) is 0 Å². The van der Waals surface area contributed by atoms with Gasteiger partial charge in [0, 0.05) is 4.90 Å². The Bertz CT molecular complexity index is 378. The Morgan fingerprint density at radius 2 is 1.67 bits per heavy atom. The third kappa shape index (κ3) is 4.51. The molecule has 0 fully saturated rings. The van der Waals surface area contributed by atoms with E-state index in [4.69, 9.17) is 5.73 Å². The molecule has 1 rings (SSSR count). The van der Waals surface area contributed by atoms with E-state index >= 15 is 0 Å². The van der Waals surface area contributed by atoms with Gasteiger partial charge >= 0.3 is 5.51 Å². The highest BCUT2D eigenvalue weighted by Crippen LogP contribution is 2.37. The number of halogens is 3. The molecule has 0 aliphatic carbocycles. The van der Waals surface area contributed by atoms with Gasteiger partial charge in [-0.05, 0) is 35.4 Å². The van der Waals surface area contributed by atoms with E-state index in [1.165, 1.54) is 24.3 Å². The van der Waals surface area contributed by atoms with E-state index in [-0.39, 0.29) is 22.6 Å². The van der Waals surface area contributed by atoms with Crippen LogP contribution in [0.2, 0.25) is 0 Å². The van der Waals surface area contributed by atoms with Gasteiger partial charge in [0.25, 0.3) is 0 Å². The zero-order chi connectivity index (χ0) is 13.9. The molecule has 3 N–H and O–H groups in total. The number of nitrogens with two attached hydrogens (primary N) is 1. The Hall–Kier alpha value is -0.720. The van der Waals surface area contributed by atoms with Crippen molar-refractivity contribution in [3.8, 4) is 0 Å². The van der Waals surface area contributed by atoms with E-state index in [2.05, 4.69) is 0 Å². The fourth-order valence-electron chi connectivity index (χ4n) is 1.50. The highest BCUT2D eigenvalue weighted by Gasteiger charge is 2.29.